The second-order valence-electron chi connectivity index (χ2n) is 5.09. The van der Waals surface area contributed by atoms with Gasteiger partial charge >= 0.3 is 0 Å². The number of benzene rings is 1. The predicted molar refractivity (Wildman–Crippen MR) is 91.5 cm³/mol. The molecule has 0 aliphatic heterocycles. The lowest BCUT2D eigenvalue weighted by atomic mass is 10.1. The SMILES string of the molecule is O=C(Nc1ccncc1)c1ccc(C(O)Nc2ccncc2)cc1. The molecule has 3 rings (SSSR count). The van der Waals surface area contributed by atoms with Crippen LogP contribution >= 0.6 is 0 Å². The molecule has 24 heavy (non-hydrogen) atoms. The molecule has 0 radical (unpaired) electrons. The molecular formula is C18H16N4O2. The molecule has 1 unspecified atom stereocenters. The number of hydrogen-bond donors (Lipinski definition) is 3. The third-order valence-corrected chi connectivity index (χ3v) is 3.41. The van der Waals surface area contributed by atoms with Crippen molar-refractivity contribution in [2.24, 2.45) is 0 Å². The molecule has 0 fully saturated rings. The first-order valence-electron chi connectivity index (χ1n) is 7.38. The second-order valence-corrected chi connectivity index (χ2v) is 5.09. The standard InChI is InChI=1S/C18H16N4O2/c23-17(21-15-5-9-19-10-6-15)13-1-2-14(4-3-13)18(24)22-16-7-11-20-12-8-16/h1-12,17,23H,(H,19,21)(H,20,22,24). The van der Waals surface area contributed by atoms with Crippen molar-refractivity contribution in [3.05, 3.63) is 84.4 Å². The fourth-order valence-corrected chi connectivity index (χ4v) is 2.14. The zero-order valence-electron chi connectivity index (χ0n) is 12.8. The Hall–Kier alpha value is -3.25. The Morgan fingerprint density at radius 1 is 0.833 bits per heavy atom. The number of nitrogens with one attached hydrogen (secondary N) is 2. The molecule has 1 atom stereocenters. The second kappa shape index (κ2) is 7.34. The summed E-state index contributed by atoms with van der Waals surface area (Å²) in [6, 6.07) is 13.7. The first kappa shape index (κ1) is 15.6. The summed E-state index contributed by atoms with van der Waals surface area (Å²) in [4.78, 5) is 20.0. The van der Waals surface area contributed by atoms with Gasteiger partial charge in [-0.3, -0.25) is 14.8 Å². The number of aliphatic hydroxyl groups is 1. The van der Waals surface area contributed by atoms with E-state index in [1.807, 2.05) is 0 Å². The zero-order valence-corrected chi connectivity index (χ0v) is 12.8. The largest absolute Gasteiger partial charge is 0.369 e. The molecule has 0 spiro atoms. The van der Waals surface area contributed by atoms with Gasteiger partial charge in [-0.25, -0.2) is 0 Å². The van der Waals surface area contributed by atoms with Gasteiger partial charge in [-0.1, -0.05) is 12.1 Å². The van der Waals surface area contributed by atoms with E-state index in [4.69, 9.17) is 0 Å². The quantitative estimate of drug-likeness (QED) is 0.629. The number of aliphatic hydroxyl groups excluding tert-OH is 1. The molecule has 2 aromatic heterocycles. The van der Waals surface area contributed by atoms with Gasteiger partial charge in [-0.2, -0.15) is 0 Å². The summed E-state index contributed by atoms with van der Waals surface area (Å²) < 4.78 is 0. The summed E-state index contributed by atoms with van der Waals surface area (Å²) in [5.41, 5.74) is 2.61. The number of rotatable bonds is 5. The van der Waals surface area contributed by atoms with Crippen LogP contribution in [-0.2, 0) is 0 Å². The van der Waals surface area contributed by atoms with Crippen molar-refractivity contribution in [1.82, 2.24) is 9.97 Å². The van der Waals surface area contributed by atoms with Crippen LogP contribution in [0, 0.1) is 0 Å². The molecule has 0 saturated heterocycles. The number of carbonyl (C=O) groups is 1. The first-order chi connectivity index (χ1) is 11.7. The minimum absolute atomic E-state index is 0.218. The van der Waals surface area contributed by atoms with Crippen molar-refractivity contribution in [3.63, 3.8) is 0 Å². The fraction of sp³-hybridized carbons (Fsp3) is 0.0556. The van der Waals surface area contributed by atoms with E-state index in [9.17, 15) is 9.90 Å². The highest BCUT2D eigenvalue weighted by atomic mass is 16.3. The van der Waals surface area contributed by atoms with Gasteiger partial charge in [0.15, 0.2) is 6.23 Å². The number of hydrogen-bond acceptors (Lipinski definition) is 5. The van der Waals surface area contributed by atoms with Gasteiger partial charge < -0.3 is 15.7 Å². The molecule has 0 saturated carbocycles. The highest BCUT2D eigenvalue weighted by molar-refractivity contribution is 6.04. The van der Waals surface area contributed by atoms with Crippen LogP contribution in [0.1, 0.15) is 22.1 Å². The normalized spacial score (nSPS) is 11.5. The van der Waals surface area contributed by atoms with Gasteiger partial charge in [0, 0.05) is 47.3 Å². The molecule has 0 bridgehead atoms. The van der Waals surface area contributed by atoms with Crippen LogP contribution in [0.3, 0.4) is 0 Å². The minimum atomic E-state index is -0.871. The van der Waals surface area contributed by atoms with Crippen molar-refractivity contribution >= 4 is 17.3 Å². The molecule has 6 heteroatoms. The molecule has 6 nitrogen and oxygen atoms in total. The highest BCUT2D eigenvalue weighted by Crippen LogP contribution is 2.17. The molecule has 0 aliphatic rings. The highest BCUT2D eigenvalue weighted by Gasteiger charge is 2.10. The number of anilines is 2. The maximum atomic E-state index is 12.2. The molecule has 0 aliphatic carbocycles. The molecule has 1 aromatic carbocycles. The van der Waals surface area contributed by atoms with E-state index < -0.39 is 6.23 Å². The molecule has 1 amide bonds. The summed E-state index contributed by atoms with van der Waals surface area (Å²) in [6.45, 7) is 0. The van der Waals surface area contributed by atoms with Gasteiger partial charge in [0.25, 0.3) is 5.91 Å². The summed E-state index contributed by atoms with van der Waals surface area (Å²) >= 11 is 0. The van der Waals surface area contributed by atoms with Crippen molar-refractivity contribution in [2.75, 3.05) is 10.6 Å². The van der Waals surface area contributed by atoms with Crippen LogP contribution in [-0.4, -0.2) is 21.0 Å². The molecule has 2 heterocycles. The van der Waals surface area contributed by atoms with E-state index in [1.165, 1.54) is 0 Å². The number of aromatic nitrogens is 2. The van der Waals surface area contributed by atoms with Crippen LogP contribution < -0.4 is 10.6 Å². The maximum Gasteiger partial charge on any atom is 0.255 e. The van der Waals surface area contributed by atoms with Crippen molar-refractivity contribution in [3.8, 4) is 0 Å². The molecular weight excluding hydrogens is 304 g/mol. The Balaban J connectivity index is 1.65. The lowest BCUT2D eigenvalue weighted by molar-refractivity contribution is 0.102. The van der Waals surface area contributed by atoms with Crippen molar-refractivity contribution in [2.45, 2.75) is 6.23 Å². The zero-order chi connectivity index (χ0) is 16.8. The van der Waals surface area contributed by atoms with E-state index >= 15 is 0 Å². The number of amides is 1. The topological polar surface area (TPSA) is 87.1 Å². The maximum absolute atomic E-state index is 12.2. The van der Waals surface area contributed by atoms with Crippen LogP contribution in [0.4, 0.5) is 11.4 Å². The summed E-state index contributed by atoms with van der Waals surface area (Å²) in [7, 11) is 0. The van der Waals surface area contributed by atoms with E-state index in [0.717, 1.165) is 5.69 Å². The van der Waals surface area contributed by atoms with Gasteiger partial charge in [0.05, 0.1) is 0 Å². The Labute approximate surface area is 139 Å². The average molecular weight is 320 g/mol. The lowest BCUT2D eigenvalue weighted by Gasteiger charge is -2.14. The number of carbonyl (C=O) groups excluding carboxylic acids is 1. The predicted octanol–water partition coefficient (Wildman–Crippen LogP) is 2.83. The van der Waals surface area contributed by atoms with Crippen LogP contribution in [0.15, 0.2) is 73.3 Å². The monoisotopic (exact) mass is 320 g/mol. The molecule has 120 valence electrons. The van der Waals surface area contributed by atoms with Gasteiger partial charge in [-0.15, -0.1) is 0 Å². The smallest absolute Gasteiger partial charge is 0.255 e. The van der Waals surface area contributed by atoms with Crippen molar-refractivity contribution < 1.29 is 9.90 Å². The van der Waals surface area contributed by atoms with E-state index in [2.05, 4.69) is 20.6 Å². The fourth-order valence-electron chi connectivity index (χ4n) is 2.14. The summed E-state index contributed by atoms with van der Waals surface area (Å²) in [6.07, 6.45) is 5.63. The van der Waals surface area contributed by atoms with Gasteiger partial charge in [0.2, 0.25) is 0 Å². The first-order valence-corrected chi connectivity index (χ1v) is 7.38. The lowest BCUT2D eigenvalue weighted by Crippen LogP contribution is -2.13. The third-order valence-electron chi connectivity index (χ3n) is 3.41. The van der Waals surface area contributed by atoms with Crippen molar-refractivity contribution in [1.29, 1.82) is 0 Å². The van der Waals surface area contributed by atoms with E-state index in [-0.39, 0.29) is 5.91 Å². The Morgan fingerprint density at radius 2 is 1.38 bits per heavy atom. The Morgan fingerprint density at radius 3 is 1.96 bits per heavy atom. The summed E-state index contributed by atoms with van der Waals surface area (Å²) in [5, 5.41) is 15.9. The number of pyridine rings is 2. The Kier molecular flexibility index (Phi) is 4.78. The summed E-state index contributed by atoms with van der Waals surface area (Å²) in [5.74, 6) is -0.218. The molecule has 3 aromatic rings. The minimum Gasteiger partial charge on any atom is -0.369 e. The van der Waals surface area contributed by atoms with Crippen LogP contribution in [0.2, 0.25) is 0 Å². The Bertz CT molecular complexity index is 792. The van der Waals surface area contributed by atoms with Gasteiger partial charge in [0.1, 0.15) is 0 Å². The third kappa shape index (κ3) is 3.93. The van der Waals surface area contributed by atoms with E-state index in [0.29, 0.717) is 16.8 Å². The van der Waals surface area contributed by atoms with Gasteiger partial charge in [-0.05, 0) is 36.4 Å². The van der Waals surface area contributed by atoms with Crippen LogP contribution in [0.5, 0.6) is 0 Å². The molecule has 3 N–H and O–H groups in total. The van der Waals surface area contributed by atoms with Crippen LogP contribution in [0.25, 0.3) is 0 Å². The number of nitrogens with zero attached hydrogens (tertiary/aromatic N) is 2. The average Bonchev–Trinajstić information content (AvgIpc) is 2.63. The van der Waals surface area contributed by atoms with E-state index in [1.54, 1.807) is 73.3 Å².